The second kappa shape index (κ2) is 14.1. The molecule has 0 spiro atoms. The molecule has 7 N–H and O–H groups in total. The van der Waals surface area contributed by atoms with Gasteiger partial charge in [0.2, 0.25) is 17.7 Å². The van der Waals surface area contributed by atoms with Crippen LogP contribution >= 0.6 is 11.8 Å². The van der Waals surface area contributed by atoms with Gasteiger partial charge in [0.15, 0.2) is 0 Å². The van der Waals surface area contributed by atoms with Gasteiger partial charge in [-0.25, -0.2) is 4.79 Å². The lowest BCUT2D eigenvalue weighted by Crippen LogP contribution is -2.56. The molecular formula is C21H30N4O7S. The summed E-state index contributed by atoms with van der Waals surface area (Å²) in [7, 11) is 0. The smallest absolute Gasteiger partial charge is 0.326 e. The van der Waals surface area contributed by atoms with Gasteiger partial charge in [0.25, 0.3) is 0 Å². The van der Waals surface area contributed by atoms with Crippen molar-refractivity contribution in [2.75, 3.05) is 12.0 Å². The van der Waals surface area contributed by atoms with Crippen LogP contribution in [-0.4, -0.2) is 76.0 Å². The highest BCUT2D eigenvalue weighted by atomic mass is 32.2. The molecule has 12 heteroatoms. The highest BCUT2D eigenvalue weighted by Gasteiger charge is 2.28. The largest absolute Gasteiger partial charge is 0.481 e. The molecule has 11 nitrogen and oxygen atoms in total. The summed E-state index contributed by atoms with van der Waals surface area (Å²) in [6.07, 6.45) is 1.50. The maximum atomic E-state index is 12.7. The molecule has 1 rings (SSSR count). The number of carboxylic acid groups (broad SMARTS) is 2. The topological polar surface area (TPSA) is 188 Å². The van der Waals surface area contributed by atoms with Crippen LogP contribution in [0.3, 0.4) is 0 Å². The third-order valence-electron chi connectivity index (χ3n) is 4.62. The number of carbonyl (C=O) groups is 5. The van der Waals surface area contributed by atoms with Gasteiger partial charge in [0.05, 0.1) is 12.5 Å². The predicted molar refractivity (Wildman–Crippen MR) is 122 cm³/mol. The van der Waals surface area contributed by atoms with Crippen molar-refractivity contribution in [2.45, 2.75) is 50.4 Å². The first-order chi connectivity index (χ1) is 15.5. The lowest BCUT2D eigenvalue weighted by atomic mass is 10.1. The van der Waals surface area contributed by atoms with E-state index in [-0.39, 0.29) is 12.8 Å². The summed E-state index contributed by atoms with van der Waals surface area (Å²) in [5.74, 6) is -4.14. The van der Waals surface area contributed by atoms with Gasteiger partial charge in [-0.3, -0.25) is 19.2 Å². The first kappa shape index (κ1) is 27.9. The molecule has 182 valence electrons. The number of aliphatic carboxylic acids is 2. The number of thioether (sulfide) groups is 1. The zero-order valence-corrected chi connectivity index (χ0v) is 19.3. The maximum absolute atomic E-state index is 12.7. The summed E-state index contributed by atoms with van der Waals surface area (Å²) in [4.78, 5) is 59.6. The number of amides is 3. The van der Waals surface area contributed by atoms with Crippen molar-refractivity contribution in [1.82, 2.24) is 16.0 Å². The van der Waals surface area contributed by atoms with E-state index < -0.39 is 60.2 Å². The first-order valence-electron chi connectivity index (χ1n) is 10.2. The van der Waals surface area contributed by atoms with Crippen LogP contribution in [0, 0.1) is 0 Å². The molecule has 33 heavy (non-hydrogen) atoms. The SMILES string of the molecule is CSCCC(NC(=O)C(N)CC(=O)O)C(=O)NC(C)C(=O)NC(Cc1ccccc1)C(=O)O. The molecule has 4 atom stereocenters. The maximum Gasteiger partial charge on any atom is 0.326 e. The Kier molecular flexibility index (Phi) is 11.9. The molecule has 1 aromatic carbocycles. The lowest BCUT2D eigenvalue weighted by Gasteiger charge is -2.23. The van der Waals surface area contributed by atoms with Crippen LogP contribution in [0.5, 0.6) is 0 Å². The highest BCUT2D eigenvalue weighted by molar-refractivity contribution is 7.98. The van der Waals surface area contributed by atoms with Crippen molar-refractivity contribution < 1.29 is 34.2 Å². The Morgan fingerprint density at radius 2 is 1.55 bits per heavy atom. The van der Waals surface area contributed by atoms with Crippen LogP contribution in [0.15, 0.2) is 30.3 Å². The Balaban J connectivity index is 2.76. The number of hydrogen-bond acceptors (Lipinski definition) is 7. The standard InChI is InChI=1S/C21H30N4O7S/c1-12(18(28)25-16(21(31)32)10-13-6-4-3-5-7-13)23-20(30)15(8-9-33-2)24-19(29)14(22)11-17(26)27/h3-7,12,14-16H,8-11,22H2,1-2H3,(H,23,30)(H,24,29)(H,25,28)(H,26,27)(H,31,32). The number of hydrogen-bond donors (Lipinski definition) is 6. The predicted octanol–water partition coefficient (Wildman–Crippen LogP) is -0.657. The molecule has 0 fully saturated rings. The summed E-state index contributed by atoms with van der Waals surface area (Å²) in [5.41, 5.74) is 6.26. The molecule has 3 amide bonds. The van der Waals surface area contributed by atoms with Gasteiger partial charge >= 0.3 is 11.9 Å². The van der Waals surface area contributed by atoms with E-state index in [1.54, 1.807) is 30.3 Å². The molecule has 0 aliphatic heterocycles. The van der Waals surface area contributed by atoms with Crippen molar-refractivity contribution in [2.24, 2.45) is 5.73 Å². The van der Waals surface area contributed by atoms with Crippen LogP contribution < -0.4 is 21.7 Å². The molecule has 0 heterocycles. The van der Waals surface area contributed by atoms with E-state index in [0.717, 1.165) is 5.56 Å². The monoisotopic (exact) mass is 482 g/mol. The Morgan fingerprint density at radius 1 is 0.939 bits per heavy atom. The molecular weight excluding hydrogens is 452 g/mol. The van der Waals surface area contributed by atoms with Crippen molar-refractivity contribution in [1.29, 1.82) is 0 Å². The number of nitrogens with one attached hydrogen (secondary N) is 3. The number of nitrogens with two attached hydrogens (primary N) is 1. The molecule has 0 aliphatic carbocycles. The first-order valence-corrected chi connectivity index (χ1v) is 11.6. The van der Waals surface area contributed by atoms with Crippen LogP contribution in [0.4, 0.5) is 0 Å². The molecule has 0 aromatic heterocycles. The molecule has 4 unspecified atom stereocenters. The summed E-state index contributed by atoms with van der Waals surface area (Å²) in [6.45, 7) is 1.39. The highest BCUT2D eigenvalue weighted by Crippen LogP contribution is 2.05. The normalized spacial score (nSPS) is 14.3. The molecule has 0 saturated carbocycles. The summed E-state index contributed by atoms with van der Waals surface area (Å²) >= 11 is 1.43. The summed E-state index contributed by atoms with van der Waals surface area (Å²) in [5, 5.41) is 25.5. The van der Waals surface area contributed by atoms with E-state index in [4.69, 9.17) is 10.8 Å². The fourth-order valence-corrected chi connectivity index (χ4v) is 3.26. The Hall–Kier alpha value is -3.12. The average Bonchev–Trinajstić information content (AvgIpc) is 2.75. The van der Waals surface area contributed by atoms with E-state index in [1.165, 1.54) is 18.7 Å². The van der Waals surface area contributed by atoms with E-state index >= 15 is 0 Å². The van der Waals surface area contributed by atoms with E-state index in [2.05, 4.69) is 16.0 Å². The van der Waals surface area contributed by atoms with Gasteiger partial charge in [-0.15, -0.1) is 0 Å². The van der Waals surface area contributed by atoms with Gasteiger partial charge < -0.3 is 31.9 Å². The Labute approximate surface area is 195 Å². The second-order valence-electron chi connectivity index (χ2n) is 7.37. The minimum absolute atomic E-state index is 0.0659. The van der Waals surface area contributed by atoms with Crippen molar-refractivity contribution in [3.8, 4) is 0 Å². The molecule has 0 radical (unpaired) electrons. The fraction of sp³-hybridized carbons (Fsp3) is 0.476. The number of benzene rings is 1. The van der Waals surface area contributed by atoms with Crippen LogP contribution in [0.2, 0.25) is 0 Å². The zero-order chi connectivity index (χ0) is 25.0. The lowest BCUT2D eigenvalue weighted by molar-refractivity contribution is -0.142. The Morgan fingerprint density at radius 3 is 2.09 bits per heavy atom. The van der Waals surface area contributed by atoms with Crippen LogP contribution in [0.25, 0.3) is 0 Å². The fourth-order valence-electron chi connectivity index (χ4n) is 2.79. The molecule has 0 bridgehead atoms. The Bertz CT molecular complexity index is 837. The summed E-state index contributed by atoms with van der Waals surface area (Å²) < 4.78 is 0. The summed E-state index contributed by atoms with van der Waals surface area (Å²) in [6, 6.07) is 4.12. The van der Waals surface area contributed by atoms with Gasteiger partial charge in [0, 0.05) is 6.42 Å². The number of carbonyl (C=O) groups excluding carboxylic acids is 3. The van der Waals surface area contributed by atoms with E-state index in [1.807, 2.05) is 6.26 Å². The molecule has 0 saturated heterocycles. The van der Waals surface area contributed by atoms with Gasteiger partial charge in [-0.05, 0) is 30.9 Å². The second-order valence-corrected chi connectivity index (χ2v) is 8.35. The van der Waals surface area contributed by atoms with E-state index in [9.17, 15) is 29.1 Å². The van der Waals surface area contributed by atoms with Crippen molar-refractivity contribution >= 4 is 41.4 Å². The average molecular weight is 483 g/mol. The minimum atomic E-state index is -1.33. The quantitative estimate of drug-likeness (QED) is 0.200. The molecule has 1 aromatic rings. The van der Waals surface area contributed by atoms with Crippen molar-refractivity contribution in [3.63, 3.8) is 0 Å². The van der Waals surface area contributed by atoms with Crippen LogP contribution in [0.1, 0.15) is 25.3 Å². The number of rotatable bonds is 14. The van der Waals surface area contributed by atoms with E-state index in [0.29, 0.717) is 5.75 Å². The number of carboxylic acids is 2. The van der Waals surface area contributed by atoms with Gasteiger partial charge in [-0.1, -0.05) is 30.3 Å². The van der Waals surface area contributed by atoms with Crippen molar-refractivity contribution in [3.05, 3.63) is 35.9 Å². The third kappa shape index (κ3) is 10.4. The zero-order valence-electron chi connectivity index (χ0n) is 18.4. The van der Waals surface area contributed by atoms with Gasteiger partial charge in [0.1, 0.15) is 18.1 Å². The van der Waals surface area contributed by atoms with Crippen LogP contribution in [-0.2, 0) is 30.4 Å². The minimum Gasteiger partial charge on any atom is -0.481 e. The third-order valence-corrected chi connectivity index (χ3v) is 5.27. The van der Waals surface area contributed by atoms with Gasteiger partial charge in [-0.2, -0.15) is 11.8 Å². The molecule has 0 aliphatic rings.